The fraction of sp³-hybridized carbons (Fsp3) is 0.111. The minimum atomic E-state index is -0.901. The van der Waals surface area contributed by atoms with Crippen LogP contribution in [-0.4, -0.2) is 23.6 Å². The summed E-state index contributed by atoms with van der Waals surface area (Å²) in [5.41, 5.74) is 2.92. The molecular formula is C18H14ClNO4. The minimum Gasteiger partial charge on any atom is -0.493 e. The standard InChI is InChI=1S/C18H14ClNO4/c19-12-3-6-14-15(18(23)20-16(14)10-12)9-11-1-4-13(5-2-11)24-8-7-17(21)22/h1-6,9-10H,7-8H2,(H,20,23)(H,21,22)/b15-9+. The van der Waals surface area contributed by atoms with Gasteiger partial charge in [-0.1, -0.05) is 29.8 Å². The minimum absolute atomic E-state index is 0.0503. The molecule has 0 unspecified atom stereocenters. The van der Waals surface area contributed by atoms with Gasteiger partial charge in [-0.25, -0.2) is 0 Å². The summed E-state index contributed by atoms with van der Waals surface area (Å²) >= 11 is 5.94. The Morgan fingerprint density at radius 2 is 1.96 bits per heavy atom. The van der Waals surface area contributed by atoms with E-state index in [9.17, 15) is 9.59 Å². The van der Waals surface area contributed by atoms with E-state index < -0.39 is 5.97 Å². The highest BCUT2D eigenvalue weighted by molar-refractivity contribution is 6.36. The van der Waals surface area contributed by atoms with E-state index in [1.807, 2.05) is 18.2 Å². The van der Waals surface area contributed by atoms with Crippen molar-refractivity contribution in [2.24, 2.45) is 0 Å². The van der Waals surface area contributed by atoms with Crippen LogP contribution in [0.2, 0.25) is 5.02 Å². The fourth-order valence-electron chi connectivity index (χ4n) is 2.39. The maximum atomic E-state index is 12.1. The number of carboxylic acids is 1. The summed E-state index contributed by atoms with van der Waals surface area (Å²) in [5, 5.41) is 11.9. The van der Waals surface area contributed by atoms with Gasteiger partial charge in [-0.3, -0.25) is 9.59 Å². The predicted octanol–water partition coefficient (Wildman–Crippen LogP) is 3.69. The molecule has 0 radical (unpaired) electrons. The smallest absolute Gasteiger partial charge is 0.306 e. The maximum Gasteiger partial charge on any atom is 0.306 e. The van der Waals surface area contributed by atoms with Gasteiger partial charge in [0, 0.05) is 16.2 Å². The topological polar surface area (TPSA) is 75.6 Å². The van der Waals surface area contributed by atoms with Crippen molar-refractivity contribution in [3.63, 3.8) is 0 Å². The van der Waals surface area contributed by atoms with E-state index in [1.165, 1.54) is 0 Å². The SMILES string of the molecule is O=C(O)CCOc1ccc(/C=C2/C(=O)Nc3cc(Cl)ccc32)cc1. The molecule has 3 rings (SSSR count). The molecule has 122 valence electrons. The summed E-state index contributed by atoms with van der Waals surface area (Å²) < 4.78 is 5.34. The second-order valence-electron chi connectivity index (χ2n) is 5.26. The maximum absolute atomic E-state index is 12.1. The first kappa shape index (κ1) is 16.1. The zero-order valence-electron chi connectivity index (χ0n) is 12.6. The van der Waals surface area contributed by atoms with Crippen molar-refractivity contribution in [1.82, 2.24) is 0 Å². The average molecular weight is 344 g/mol. The Balaban J connectivity index is 1.77. The number of hydrogen-bond donors (Lipinski definition) is 2. The molecule has 0 bridgehead atoms. The third-order valence-electron chi connectivity index (χ3n) is 3.54. The lowest BCUT2D eigenvalue weighted by atomic mass is 10.0. The number of fused-ring (bicyclic) bond motifs is 1. The molecule has 6 heteroatoms. The van der Waals surface area contributed by atoms with Crippen LogP contribution in [0.4, 0.5) is 5.69 Å². The Hall–Kier alpha value is -2.79. The molecular weight excluding hydrogens is 330 g/mol. The van der Waals surface area contributed by atoms with E-state index in [2.05, 4.69) is 5.32 Å². The molecule has 0 saturated carbocycles. The lowest BCUT2D eigenvalue weighted by Crippen LogP contribution is -2.04. The van der Waals surface area contributed by atoms with Crippen molar-refractivity contribution >= 4 is 40.8 Å². The van der Waals surface area contributed by atoms with Gasteiger partial charge in [-0.05, 0) is 35.9 Å². The normalized spacial score (nSPS) is 14.4. The van der Waals surface area contributed by atoms with Crippen LogP contribution in [0.15, 0.2) is 42.5 Å². The van der Waals surface area contributed by atoms with Crippen molar-refractivity contribution in [3.8, 4) is 5.75 Å². The molecule has 0 spiro atoms. The molecule has 5 nitrogen and oxygen atoms in total. The van der Waals surface area contributed by atoms with Crippen LogP contribution in [0, 0.1) is 0 Å². The third kappa shape index (κ3) is 3.58. The molecule has 0 saturated heterocycles. The number of rotatable bonds is 5. The number of hydrogen-bond acceptors (Lipinski definition) is 3. The van der Waals surface area contributed by atoms with Crippen molar-refractivity contribution in [1.29, 1.82) is 0 Å². The van der Waals surface area contributed by atoms with E-state index >= 15 is 0 Å². The van der Waals surface area contributed by atoms with Crippen molar-refractivity contribution in [3.05, 3.63) is 58.6 Å². The highest BCUT2D eigenvalue weighted by Gasteiger charge is 2.23. The van der Waals surface area contributed by atoms with Gasteiger partial charge in [0.1, 0.15) is 5.75 Å². The second kappa shape index (κ2) is 6.76. The first-order chi connectivity index (χ1) is 11.5. The predicted molar refractivity (Wildman–Crippen MR) is 92.1 cm³/mol. The lowest BCUT2D eigenvalue weighted by molar-refractivity contribution is -0.137. The monoisotopic (exact) mass is 343 g/mol. The van der Waals surface area contributed by atoms with E-state index in [0.29, 0.717) is 22.0 Å². The van der Waals surface area contributed by atoms with E-state index in [-0.39, 0.29) is 18.9 Å². The van der Waals surface area contributed by atoms with E-state index in [4.69, 9.17) is 21.4 Å². The molecule has 0 aliphatic carbocycles. The number of halogens is 1. The number of benzene rings is 2. The van der Waals surface area contributed by atoms with Gasteiger partial charge >= 0.3 is 5.97 Å². The Labute approximate surface area is 143 Å². The molecule has 0 atom stereocenters. The molecule has 24 heavy (non-hydrogen) atoms. The average Bonchev–Trinajstić information content (AvgIpc) is 2.83. The number of carboxylic acid groups (broad SMARTS) is 1. The Morgan fingerprint density at radius 1 is 1.21 bits per heavy atom. The van der Waals surface area contributed by atoms with E-state index in [1.54, 1.807) is 30.3 Å². The fourth-order valence-corrected chi connectivity index (χ4v) is 2.57. The zero-order valence-corrected chi connectivity index (χ0v) is 13.3. The van der Waals surface area contributed by atoms with Gasteiger partial charge in [-0.2, -0.15) is 0 Å². The zero-order chi connectivity index (χ0) is 17.1. The van der Waals surface area contributed by atoms with Crippen LogP contribution in [0.1, 0.15) is 17.5 Å². The molecule has 2 aromatic carbocycles. The van der Waals surface area contributed by atoms with Crippen molar-refractivity contribution in [2.45, 2.75) is 6.42 Å². The number of aliphatic carboxylic acids is 1. The number of carbonyl (C=O) groups is 2. The number of nitrogens with one attached hydrogen (secondary N) is 1. The molecule has 2 N–H and O–H groups in total. The first-order valence-corrected chi connectivity index (χ1v) is 7.68. The molecule has 0 fully saturated rings. The highest BCUT2D eigenvalue weighted by Crippen LogP contribution is 2.34. The lowest BCUT2D eigenvalue weighted by Gasteiger charge is -2.05. The summed E-state index contributed by atoms with van der Waals surface area (Å²) in [6.45, 7) is 0.117. The summed E-state index contributed by atoms with van der Waals surface area (Å²) in [7, 11) is 0. The number of carbonyl (C=O) groups excluding carboxylic acids is 1. The Morgan fingerprint density at radius 3 is 2.67 bits per heavy atom. The molecule has 2 aromatic rings. The van der Waals surface area contributed by atoms with Gasteiger partial charge < -0.3 is 15.2 Å². The van der Waals surface area contributed by atoms with Crippen LogP contribution in [0.3, 0.4) is 0 Å². The van der Waals surface area contributed by atoms with Crippen molar-refractivity contribution < 1.29 is 19.4 Å². The third-order valence-corrected chi connectivity index (χ3v) is 3.78. The summed E-state index contributed by atoms with van der Waals surface area (Å²) in [6.07, 6.45) is 1.74. The number of anilines is 1. The number of amides is 1. The van der Waals surface area contributed by atoms with Gasteiger partial charge in [0.2, 0.25) is 0 Å². The Kier molecular flexibility index (Phi) is 4.53. The van der Waals surface area contributed by atoms with Gasteiger partial charge in [-0.15, -0.1) is 0 Å². The molecule has 1 heterocycles. The second-order valence-corrected chi connectivity index (χ2v) is 5.70. The van der Waals surface area contributed by atoms with Crippen molar-refractivity contribution in [2.75, 3.05) is 11.9 Å². The van der Waals surface area contributed by atoms with Gasteiger partial charge in [0.05, 0.1) is 18.7 Å². The van der Waals surface area contributed by atoms with Gasteiger partial charge in [0.15, 0.2) is 0 Å². The molecule has 0 aromatic heterocycles. The summed E-state index contributed by atoms with van der Waals surface area (Å²) in [4.78, 5) is 22.6. The quantitative estimate of drug-likeness (QED) is 0.812. The Bertz CT molecular complexity index is 827. The first-order valence-electron chi connectivity index (χ1n) is 7.30. The number of ether oxygens (including phenoxy) is 1. The summed E-state index contributed by atoms with van der Waals surface area (Å²) in [6, 6.07) is 12.4. The van der Waals surface area contributed by atoms with Gasteiger partial charge in [0.25, 0.3) is 5.91 Å². The molecule has 1 aliphatic rings. The van der Waals surface area contributed by atoms with Crippen LogP contribution in [-0.2, 0) is 9.59 Å². The van der Waals surface area contributed by atoms with Crippen LogP contribution in [0.25, 0.3) is 11.6 Å². The molecule has 1 aliphatic heterocycles. The highest BCUT2D eigenvalue weighted by atomic mass is 35.5. The van der Waals surface area contributed by atoms with E-state index in [0.717, 1.165) is 11.1 Å². The summed E-state index contributed by atoms with van der Waals surface area (Å²) in [5.74, 6) is -0.488. The van der Waals surface area contributed by atoms with Crippen LogP contribution >= 0.6 is 11.6 Å². The van der Waals surface area contributed by atoms with Crippen LogP contribution < -0.4 is 10.1 Å². The largest absolute Gasteiger partial charge is 0.493 e. The van der Waals surface area contributed by atoms with Crippen LogP contribution in [0.5, 0.6) is 5.75 Å². The molecule has 1 amide bonds.